The summed E-state index contributed by atoms with van der Waals surface area (Å²) in [5, 5.41) is 0. The Hall–Kier alpha value is -1.59. The Labute approximate surface area is 368 Å². The molecule has 0 aromatic heterocycles. The Kier molecular flexibility index (Phi) is 44.7. The van der Waals surface area contributed by atoms with Gasteiger partial charge >= 0.3 is 17.9 Å². The summed E-state index contributed by atoms with van der Waals surface area (Å²) in [6.45, 7) is 8.91. The lowest BCUT2D eigenvalue weighted by Crippen LogP contribution is -2.37. The summed E-state index contributed by atoms with van der Waals surface area (Å²) in [5.41, 5.74) is -0.775. The van der Waals surface area contributed by atoms with Crippen LogP contribution in [-0.4, -0.2) is 37.7 Å². The third-order valence-corrected chi connectivity index (χ3v) is 12.2. The van der Waals surface area contributed by atoms with Gasteiger partial charge in [-0.15, -0.1) is 0 Å². The number of rotatable bonds is 48. The van der Waals surface area contributed by atoms with Crippen molar-refractivity contribution in [3.05, 3.63) is 0 Å². The van der Waals surface area contributed by atoms with Gasteiger partial charge < -0.3 is 14.2 Å². The second-order valence-corrected chi connectivity index (χ2v) is 18.8. The number of ether oxygens (including phenoxy) is 3. The topological polar surface area (TPSA) is 78.9 Å². The third kappa shape index (κ3) is 44.3. The van der Waals surface area contributed by atoms with Crippen LogP contribution in [0.5, 0.6) is 0 Å². The van der Waals surface area contributed by atoms with E-state index >= 15 is 0 Å². The largest absolute Gasteiger partial charge is 0.465 e. The fourth-order valence-corrected chi connectivity index (χ4v) is 7.97. The summed E-state index contributed by atoms with van der Waals surface area (Å²) in [6, 6.07) is 0. The van der Waals surface area contributed by atoms with E-state index in [1.54, 1.807) is 0 Å². The van der Waals surface area contributed by atoms with Crippen LogP contribution in [0.25, 0.3) is 0 Å². The molecule has 0 saturated carbocycles. The molecule has 0 aliphatic carbocycles. The van der Waals surface area contributed by atoms with Crippen molar-refractivity contribution in [2.24, 2.45) is 5.41 Å². The number of carbonyl (C=O) groups excluding carboxylic acids is 3. The van der Waals surface area contributed by atoms with Crippen LogP contribution in [0.15, 0.2) is 0 Å². The van der Waals surface area contributed by atoms with Crippen LogP contribution in [0.1, 0.15) is 297 Å². The zero-order valence-corrected chi connectivity index (χ0v) is 40.3. The van der Waals surface area contributed by atoms with Crippen molar-refractivity contribution >= 4 is 17.9 Å². The van der Waals surface area contributed by atoms with E-state index in [-0.39, 0.29) is 37.7 Å². The van der Waals surface area contributed by atoms with Crippen molar-refractivity contribution in [1.29, 1.82) is 0 Å². The molecule has 0 amide bonds. The number of esters is 3. The molecular weight excluding hydrogens is 733 g/mol. The molecule has 0 fully saturated rings. The number of unbranched alkanes of at least 4 members (excludes halogenated alkanes) is 36. The van der Waals surface area contributed by atoms with E-state index in [4.69, 9.17) is 14.2 Å². The zero-order chi connectivity index (χ0) is 43.2. The third-order valence-electron chi connectivity index (χ3n) is 12.2. The highest BCUT2D eigenvalue weighted by Crippen LogP contribution is 2.22. The van der Waals surface area contributed by atoms with Crippen LogP contribution >= 0.6 is 0 Å². The van der Waals surface area contributed by atoms with Gasteiger partial charge in [-0.05, 0) is 26.2 Å². The van der Waals surface area contributed by atoms with Gasteiger partial charge in [-0.1, -0.05) is 252 Å². The quantitative estimate of drug-likeness (QED) is 0.0345. The van der Waals surface area contributed by atoms with Gasteiger partial charge in [0.15, 0.2) is 0 Å². The second kappa shape index (κ2) is 45.9. The summed E-state index contributed by atoms with van der Waals surface area (Å²) in [4.78, 5) is 38.2. The van der Waals surface area contributed by atoms with Gasteiger partial charge in [-0.25, -0.2) is 0 Å². The maximum Gasteiger partial charge on any atom is 0.305 e. The number of hydrogen-bond acceptors (Lipinski definition) is 6. The molecule has 0 aliphatic rings. The van der Waals surface area contributed by atoms with Gasteiger partial charge in [-0.2, -0.15) is 0 Å². The van der Waals surface area contributed by atoms with Crippen molar-refractivity contribution in [1.82, 2.24) is 0 Å². The summed E-state index contributed by atoms with van der Waals surface area (Å²) < 4.78 is 17.2. The van der Waals surface area contributed by atoms with Crippen molar-refractivity contribution in [2.45, 2.75) is 297 Å². The molecule has 0 bridgehead atoms. The first-order valence-corrected chi connectivity index (χ1v) is 26.3. The minimum Gasteiger partial charge on any atom is -0.465 e. The highest BCUT2D eigenvalue weighted by atomic mass is 16.6. The summed E-state index contributed by atoms with van der Waals surface area (Å²) >= 11 is 0. The normalized spacial score (nSPS) is 11.6. The van der Waals surface area contributed by atoms with Gasteiger partial charge in [0, 0.05) is 19.3 Å². The van der Waals surface area contributed by atoms with E-state index in [0.29, 0.717) is 19.3 Å². The Morgan fingerprint density at radius 3 is 0.593 bits per heavy atom. The molecule has 0 heterocycles. The molecule has 0 unspecified atom stereocenters. The Balaban J connectivity index is 4.44. The van der Waals surface area contributed by atoms with Gasteiger partial charge in [0.25, 0.3) is 0 Å². The lowest BCUT2D eigenvalue weighted by molar-refractivity contribution is -0.160. The van der Waals surface area contributed by atoms with Crippen LogP contribution in [0.4, 0.5) is 0 Å². The minimum absolute atomic E-state index is 0.0717. The van der Waals surface area contributed by atoms with E-state index in [2.05, 4.69) is 20.8 Å². The Morgan fingerprint density at radius 2 is 0.424 bits per heavy atom. The number of hydrogen-bond donors (Lipinski definition) is 0. The van der Waals surface area contributed by atoms with Gasteiger partial charge in [0.2, 0.25) is 0 Å². The molecule has 0 aromatic rings. The molecule has 0 saturated heterocycles. The highest BCUT2D eigenvalue weighted by Gasteiger charge is 2.31. The highest BCUT2D eigenvalue weighted by molar-refractivity contribution is 5.70. The Bertz CT molecular complexity index is 790. The molecule has 6 nitrogen and oxygen atoms in total. The monoisotopic (exact) mass is 835 g/mol. The van der Waals surface area contributed by atoms with Crippen LogP contribution in [0.2, 0.25) is 0 Å². The molecule has 59 heavy (non-hydrogen) atoms. The van der Waals surface area contributed by atoms with Crippen molar-refractivity contribution in [3.8, 4) is 0 Å². The SMILES string of the molecule is CCCCCCCCCCCCCCCC(=O)OCC(C)(COC(=O)CCCCCCCCCCCCCCC)COC(=O)CCCCCCCCCCCCCCC. The van der Waals surface area contributed by atoms with Crippen molar-refractivity contribution < 1.29 is 28.6 Å². The predicted molar refractivity (Wildman–Crippen MR) is 252 cm³/mol. The zero-order valence-electron chi connectivity index (χ0n) is 40.3. The first kappa shape index (κ1) is 57.4. The second-order valence-electron chi connectivity index (χ2n) is 18.8. The summed E-state index contributed by atoms with van der Waals surface area (Å²) in [5.74, 6) is -0.678. The van der Waals surface area contributed by atoms with Crippen LogP contribution in [0, 0.1) is 5.41 Å². The molecule has 0 N–H and O–H groups in total. The fourth-order valence-electron chi connectivity index (χ4n) is 7.97. The molecule has 0 rings (SSSR count). The molecule has 0 atom stereocenters. The fraction of sp³-hybridized carbons (Fsp3) is 0.943. The summed E-state index contributed by atoms with van der Waals surface area (Å²) in [7, 11) is 0. The van der Waals surface area contributed by atoms with Crippen LogP contribution < -0.4 is 0 Å². The van der Waals surface area contributed by atoms with Gasteiger partial charge in [0.05, 0.1) is 5.41 Å². The van der Waals surface area contributed by atoms with E-state index in [9.17, 15) is 14.4 Å². The lowest BCUT2D eigenvalue weighted by Gasteiger charge is -2.28. The van der Waals surface area contributed by atoms with Crippen LogP contribution in [-0.2, 0) is 28.6 Å². The maximum absolute atomic E-state index is 12.7. The van der Waals surface area contributed by atoms with Gasteiger partial charge in [-0.3, -0.25) is 14.4 Å². The molecule has 350 valence electrons. The maximum atomic E-state index is 12.7. The van der Waals surface area contributed by atoms with Crippen molar-refractivity contribution in [2.75, 3.05) is 19.8 Å². The minimum atomic E-state index is -0.775. The molecule has 6 heteroatoms. The van der Waals surface area contributed by atoms with Gasteiger partial charge in [0.1, 0.15) is 19.8 Å². The molecule has 0 aromatic carbocycles. The molecule has 0 aliphatic heterocycles. The van der Waals surface area contributed by atoms with E-state index in [1.807, 2.05) is 6.92 Å². The standard InChI is InChI=1S/C53H102O6/c1-5-8-11-14-17-20-23-26-29-32-35-38-41-44-50(54)57-47-53(4,48-58-51(55)45-42-39-36-33-30-27-24-21-18-15-12-9-6-2)49-59-52(56)46-43-40-37-34-31-28-25-22-19-16-13-10-7-3/h5-49H2,1-4H3. The molecular formula is C53H102O6. The first-order chi connectivity index (χ1) is 28.9. The average Bonchev–Trinajstić information content (AvgIpc) is 3.23. The summed E-state index contributed by atoms with van der Waals surface area (Å²) in [6.07, 6.45) is 50.4. The van der Waals surface area contributed by atoms with Crippen molar-refractivity contribution in [3.63, 3.8) is 0 Å². The van der Waals surface area contributed by atoms with E-state index in [0.717, 1.165) is 57.8 Å². The molecule has 0 spiro atoms. The molecule has 0 radical (unpaired) electrons. The Morgan fingerprint density at radius 1 is 0.271 bits per heavy atom. The van der Waals surface area contributed by atoms with Crippen LogP contribution in [0.3, 0.4) is 0 Å². The van der Waals surface area contributed by atoms with E-state index in [1.165, 1.54) is 193 Å². The number of carbonyl (C=O) groups is 3. The smallest absolute Gasteiger partial charge is 0.305 e. The first-order valence-electron chi connectivity index (χ1n) is 26.3. The average molecular weight is 835 g/mol. The van der Waals surface area contributed by atoms with E-state index < -0.39 is 5.41 Å². The predicted octanol–water partition coefficient (Wildman–Crippen LogP) is 17.1. The lowest BCUT2D eigenvalue weighted by atomic mass is 9.94.